The number of carbonyl (C=O) groups excluding carboxylic acids is 1. The Kier molecular flexibility index (Phi) is 6.90. The number of para-hydroxylation sites is 1. The third kappa shape index (κ3) is 6.00. The molecule has 0 saturated heterocycles. The fraction of sp³-hybridized carbons (Fsp3) is 0. The molecule has 0 bridgehead atoms. The van der Waals surface area contributed by atoms with Gasteiger partial charge in [0, 0.05) is 0 Å². The molecule has 0 aliphatic carbocycles. The van der Waals surface area contributed by atoms with Crippen molar-refractivity contribution in [3.63, 3.8) is 0 Å². The predicted octanol–water partition coefficient (Wildman–Crippen LogP) is -2.31. The summed E-state index contributed by atoms with van der Waals surface area (Å²) in [6.45, 7) is 0. The molecule has 0 heterocycles. The van der Waals surface area contributed by atoms with Gasteiger partial charge in [0.05, 0.1) is 11.3 Å². The van der Waals surface area contributed by atoms with Crippen LogP contribution in [-0.2, 0) is 10.1 Å². The number of benzene rings is 1. The maximum atomic E-state index is 11.2. The van der Waals surface area contributed by atoms with Crippen molar-refractivity contribution < 1.29 is 47.3 Å². The zero-order valence-corrected chi connectivity index (χ0v) is 12.2. The average Bonchev–Trinajstić information content (AvgIpc) is 2.26. The quantitative estimate of drug-likeness (QED) is 0.326. The Morgan fingerprint density at radius 1 is 1.39 bits per heavy atom. The number of carbonyl (C=O) groups is 1. The van der Waals surface area contributed by atoms with Crippen LogP contribution in [0.4, 0.5) is 10.5 Å². The number of nitrogens with zero attached hydrogens (tertiary/aromatic N) is 1. The molecule has 0 radical (unpaired) electrons. The largest absolute Gasteiger partial charge is 1.00 e. The minimum atomic E-state index is -4.39. The molecule has 1 aromatic rings. The molecule has 0 saturated carbocycles. The molecule has 0 fully saturated rings. The van der Waals surface area contributed by atoms with Gasteiger partial charge in [-0.15, -0.1) is 0 Å². The van der Waals surface area contributed by atoms with E-state index in [2.05, 4.69) is 5.32 Å². The van der Waals surface area contributed by atoms with Gasteiger partial charge in [-0.1, -0.05) is 18.0 Å². The Hall–Kier alpha value is -1.11. The van der Waals surface area contributed by atoms with Gasteiger partial charge in [0.1, 0.15) is 6.07 Å². The van der Waals surface area contributed by atoms with Crippen molar-refractivity contribution in [1.82, 2.24) is 5.32 Å². The van der Waals surface area contributed by atoms with Gasteiger partial charge < -0.3 is 15.2 Å². The molecule has 0 aliphatic heterocycles. The van der Waals surface area contributed by atoms with E-state index in [4.69, 9.17) is 9.81 Å². The third-order valence-electron chi connectivity index (χ3n) is 1.63. The summed E-state index contributed by atoms with van der Waals surface area (Å²) in [6, 6.07) is 7.15. The van der Waals surface area contributed by atoms with Crippen LogP contribution in [0.3, 0.4) is 0 Å². The molecule has 1 aromatic carbocycles. The number of hydrogen-bond donors (Lipinski definition) is 3. The maximum absolute atomic E-state index is 11.2. The normalized spacial score (nSPS) is 9.78. The van der Waals surface area contributed by atoms with Crippen molar-refractivity contribution in [2.75, 3.05) is 5.32 Å². The summed E-state index contributed by atoms with van der Waals surface area (Å²) in [5.41, 5.74) is 0.464. The summed E-state index contributed by atoms with van der Waals surface area (Å²) < 4.78 is 29.0. The Morgan fingerprint density at radius 3 is 2.56 bits per heavy atom. The van der Waals surface area contributed by atoms with Gasteiger partial charge in [-0.05, 0) is 12.1 Å². The topological polar surface area (TPSA) is 119 Å². The van der Waals surface area contributed by atoms with Gasteiger partial charge in [0.25, 0.3) is 6.03 Å². The Balaban J connectivity index is 0.00000289. The monoisotopic (exact) mass is 277 g/mol. The van der Waals surface area contributed by atoms with Crippen LogP contribution < -0.4 is 40.2 Å². The molecule has 1 rings (SSSR count). The van der Waals surface area contributed by atoms with E-state index in [-0.39, 0.29) is 46.7 Å². The predicted molar refractivity (Wildman–Crippen MR) is 59.2 cm³/mol. The molecule has 0 atom stereocenters. The molecule has 2 amide bonds. The fourth-order valence-corrected chi connectivity index (χ4v) is 1.23. The Morgan fingerprint density at radius 2 is 2.00 bits per heavy atom. The van der Waals surface area contributed by atoms with Crippen molar-refractivity contribution in [2.24, 2.45) is 0 Å². The third-order valence-corrected chi connectivity index (χ3v) is 2.05. The molecular weight excluding hydrogens is 269 g/mol. The van der Waals surface area contributed by atoms with Gasteiger partial charge in [0.15, 0.2) is 10.1 Å². The average molecular weight is 277 g/mol. The van der Waals surface area contributed by atoms with Crippen molar-refractivity contribution in [3.05, 3.63) is 35.7 Å². The minimum Gasteiger partial charge on any atom is -0.470 e. The number of anilines is 1. The molecule has 0 unspecified atom stereocenters. The summed E-state index contributed by atoms with van der Waals surface area (Å²) in [5, 5.41) is 12.8. The first-order valence-corrected chi connectivity index (χ1v) is 5.80. The second-order valence-corrected chi connectivity index (χ2v) is 4.15. The van der Waals surface area contributed by atoms with Crippen LogP contribution in [-0.4, -0.2) is 19.0 Å². The molecule has 0 spiro atoms. The second kappa shape index (κ2) is 7.35. The number of urea groups is 1. The second-order valence-electron chi connectivity index (χ2n) is 2.89. The van der Waals surface area contributed by atoms with Crippen LogP contribution in [0, 0.1) is 17.2 Å². The molecule has 0 aliphatic rings. The number of nitrogens with one attached hydrogen (secondary N) is 2. The van der Waals surface area contributed by atoms with E-state index in [1.807, 2.05) is 6.07 Å². The molecule has 18 heavy (non-hydrogen) atoms. The summed E-state index contributed by atoms with van der Waals surface area (Å²) in [6.07, 6.45) is 0. The van der Waals surface area contributed by atoms with Crippen molar-refractivity contribution in [2.45, 2.75) is 0 Å². The van der Waals surface area contributed by atoms with Gasteiger partial charge >= 0.3 is 29.6 Å². The van der Waals surface area contributed by atoms with E-state index in [1.165, 1.54) is 12.1 Å². The number of amides is 2. The Bertz CT molecular complexity index is 567. The van der Waals surface area contributed by atoms with Gasteiger partial charge in [0.2, 0.25) is 0 Å². The van der Waals surface area contributed by atoms with Crippen molar-refractivity contribution in [3.8, 4) is 6.07 Å². The zero-order chi connectivity index (χ0) is 12.9. The molecule has 90 valence electrons. The van der Waals surface area contributed by atoms with Crippen LogP contribution in [0.25, 0.3) is 0 Å². The van der Waals surface area contributed by atoms with Crippen LogP contribution >= 0.6 is 0 Å². The SMILES string of the molecule is N#Cc1ccccc1NC(=O)N[CH-]S(=O)(=O)O.[Na+]. The van der Waals surface area contributed by atoms with Crippen LogP contribution in [0.2, 0.25) is 0 Å². The van der Waals surface area contributed by atoms with Crippen LogP contribution in [0.15, 0.2) is 24.3 Å². The number of rotatable bonds is 3. The van der Waals surface area contributed by atoms with Crippen molar-refractivity contribution >= 4 is 21.8 Å². The summed E-state index contributed by atoms with van der Waals surface area (Å²) in [5.74, 6) is 0.233. The maximum Gasteiger partial charge on any atom is 1.00 e. The minimum absolute atomic E-state index is 0. The zero-order valence-electron chi connectivity index (χ0n) is 9.41. The van der Waals surface area contributed by atoms with E-state index >= 15 is 0 Å². The van der Waals surface area contributed by atoms with E-state index in [1.54, 1.807) is 17.4 Å². The first-order chi connectivity index (χ1) is 7.92. The van der Waals surface area contributed by atoms with E-state index in [9.17, 15) is 13.2 Å². The van der Waals surface area contributed by atoms with Crippen molar-refractivity contribution in [1.29, 1.82) is 5.26 Å². The summed E-state index contributed by atoms with van der Waals surface area (Å²) in [4.78, 5) is 11.2. The summed E-state index contributed by atoms with van der Waals surface area (Å²) >= 11 is 0. The van der Waals surface area contributed by atoms with E-state index in [0.29, 0.717) is 0 Å². The molecule has 7 nitrogen and oxygen atoms in total. The summed E-state index contributed by atoms with van der Waals surface area (Å²) in [7, 11) is -4.39. The van der Waals surface area contributed by atoms with Gasteiger partial charge in [-0.25, -0.2) is 8.42 Å². The fourth-order valence-electron chi connectivity index (χ4n) is 0.976. The first kappa shape index (κ1) is 16.9. The van der Waals surface area contributed by atoms with Crippen LogP contribution in [0.1, 0.15) is 5.56 Å². The smallest absolute Gasteiger partial charge is 0.470 e. The Labute approximate surface area is 126 Å². The number of nitriles is 1. The van der Waals surface area contributed by atoms with E-state index < -0.39 is 16.1 Å². The molecule has 0 aromatic heterocycles. The first-order valence-electron chi connectivity index (χ1n) is 4.30. The molecule has 9 heteroatoms. The molecular formula is C9H8N3NaO4S. The van der Waals surface area contributed by atoms with Gasteiger partial charge in [-0.2, -0.15) is 5.26 Å². The molecule has 3 N–H and O–H groups in total. The number of hydrogen-bond acceptors (Lipinski definition) is 4. The van der Waals surface area contributed by atoms with Gasteiger partial charge in [-0.3, -0.25) is 4.79 Å². The van der Waals surface area contributed by atoms with E-state index in [0.717, 1.165) is 0 Å². The standard InChI is InChI=1S/C9H8N3O4S.Na/c10-5-7-3-1-2-4-8(7)12-9(13)11-6-17(14,15)16;/h1-4,6H,(H2,11,12,13)(H,14,15,16);/q-1;+1. The van der Waals surface area contributed by atoms with Crippen LogP contribution in [0.5, 0.6) is 0 Å².